The molecule has 15 heavy (non-hydrogen) atoms. The van der Waals surface area contributed by atoms with Crippen LogP contribution in [0, 0.1) is 0 Å². The van der Waals surface area contributed by atoms with Crippen molar-refractivity contribution >= 4 is 5.91 Å². The van der Waals surface area contributed by atoms with Crippen molar-refractivity contribution in [3.63, 3.8) is 0 Å². The normalized spacial score (nSPS) is 20.2. The second-order valence-corrected chi connectivity index (χ2v) is 3.56. The summed E-state index contributed by atoms with van der Waals surface area (Å²) >= 11 is 0. The maximum atomic E-state index is 11.2. The lowest BCUT2D eigenvalue weighted by atomic mass is 9.95. The molecule has 1 aliphatic heterocycles. The number of methoxy groups -OCH3 is 1. The predicted molar refractivity (Wildman–Crippen MR) is 57.9 cm³/mol. The smallest absolute Gasteiger partial charge is 0.247 e. The molecular weight excluding hydrogens is 190 g/mol. The van der Waals surface area contributed by atoms with E-state index in [2.05, 4.69) is 11.9 Å². The molecule has 0 spiro atoms. The molecule has 3 heteroatoms. The quantitative estimate of drug-likeness (QED) is 0.739. The van der Waals surface area contributed by atoms with Crippen molar-refractivity contribution in [3.05, 3.63) is 42.0 Å². The zero-order chi connectivity index (χ0) is 10.8. The number of hydrogen-bond donors (Lipinski definition) is 1. The van der Waals surface area contributed by atoms with Crippen molar-refractivity contribution in [2.24, 2.45) is 0 Å². The van der Waals surface area contributed by atoms with Gasteiger partial charge in [-0.05, 0) is 17.7 Å². The second-order valence-electron chi connectivity index (χ2n) is 3.56. The molecule has 1 heterocycles. The summed E-state index contributed by atoms with van der Waals surface area (Å²) < 4.78 is 5.07. The van der Waals surface area contributed by atoms with Crippen molar-refractivity contribution in [1.29, 1.82) is 0 Å². The van der Waals surface area contributed by atoms with E-state index in [0.29, 0.717) is 12.1 Å². The van der Waals surface area contributed by atoms with Gasteiger partial charge in [0.1, 0.15) is 5.75 Å². The van der Waals surface area contributed by atoms with Crippen molar-refractivity contribution < 1.29 is 9.53 Å². The van der Waals surface area contributed by atoms with Gasteiger partial charge in [0, 0.05) is 18.0 Å². The maximum absolute atomic E-state index is 11.2. The molecule has 1 aromatic rings. The molecule has 1 unspecified atom stereocenters. The maximum Gasteiger partial charge on any atom is 0.247 e. The summed E-state index contributed by atoms with van der Waals surface area (Å²) in [5, 5.41) is 2.78. The Morgan fingerprint density at radius 2 is 2.07 bits per heavy atom. The number of carbonyl (C=O) groups is 1. The van der Waals surface area contributed by atoms with Gasteiger partial charge < -0.3 is 10.1 Å². The Balaban J connectivity index is 2.23. The lowest BCUT2D eigenvalue weighted by Crippen LogP contribution is -2.14. The lowest BCUT2D eigenvalue weighted by molar-refractivity contribution is -0.116. The van der Waals surface area contributed by atoms with Crippen LogP contribution in [-0.4, -0.2) is 19.6 Å². The first-order valence-electron chi connectivity index (χ1n) is 4.83. The highest BCUT2D eigenvalue weighted by atomic mass is 16.5. The largest absolute Gasteiger partial charge is 0.497 e. The van der Waals surface area contributed by atoms with E-state index in [4.69, 9.17) is 4.74 Å². The van der Waals surface area contributed by atoms with Crippen LogP contribution in [0.2, 0.25) is 0 Å². The van der Waals surface area contributed by atoms with Gasteiger partial charge in [0.2, 0.25) is 5.91 Å². The highest BCUT2D eigenvalue weighted by Gasteiger charge is 2.27. The summed E-state index contributed by atoms with van der Waals surface area (Å²) in [6.07, 6.45) is 0. The monoisotopic (exact) mass is 203 g/mol. The lowest BCUT2D eigenvalue weighted by Gasteiger charge is -2.09. The first-order chi connectivity index (χ1) is 7.22. The Morgan fingerprint density at radius 1 is 1.40 bits per heavy atom. The van der Waals surface area contributed by atoms with Gasteiger partial charge in [-0.3, -0.25) is 4.79 Å². The molecule has 1 aromatic carbocycles. The molecule has 1 atom stereocenters. The van der Waals surface area contributed by atoms with Gasteiger partial charge in [0.15, 0.2) is 0 Å². The average molecular weight is 203 g/mol. The average Bonchev–Trinajstić information content (AvgIpc) is 2.60. The minimum Gasteiger partial charge on any atom is -0.497 e. The fourth-order valence-electron chi connectivity index (χ4n) is 1.74. The molecule has 1 N–H and O–H groups in total. The molecule has 0 saturated carbocycles. The summed E-state index contributed by atoms with van der Waals surface area (Å²) in [6, 6.07) is 7.72. The van der Waals surface area contributed by atoms with Crippen molar-refractivity contribution in [2.75, 3.05) is 13.7 Å². The van der Waals surface area contributed by atoms with Crippen LogP contribution in [0.1, 0.15) is 11.5 Å². The number of benzene rings is 1. The third kappa shape index (κ3) is 1.73. The van der Waals surface area contributed by atoms with E-state index in [1.54, 1.807) is 7.11 Å². The Kier molecular flexibility index (Phi) is 2.46. The molecule has 0 radical (unpaired) electrons. The summed E-state index contributed by atoms with van der Waals surface area (Å²) in [5.74, 6) is 0.876. The van der Waals surface area contributed by atoms with Gasteiger partial charge in [-0.2, -0.15) is 0 Å². The number of nitrogens with one attached hydrogen (secondary N) is 1. The second kappa shape index (κ2) is 3.77. The minimum absolute atomic E-state index is 0.0455. The van der Waals surface area contributed by atoms with Crippen molar-refractivity contribution in [1.82, 2.24) is 5.32 Å². The molecule has 78 valence electrons. The molecule has 3 nitrogen and oxygen atoms in total. The standard InChI is InChI=1S/C12H13NO2/c1-8-11(7-13-12(8)14)9-3-5-10(15-2)6-4-9/h3-6,11H,1,7H2,2H3,(H,13,14). The van der Waals surface area contributed by atoms with E-state index in [-0.39, 0.29) is 11.8 Å². The third-order valence-electron chi connectivity index (χ3n) is 2.70. The minimum atomic E-state index is -0.0455. The van der Waals surface area contributed by atoms with Crippen LogP contribution in [0.3, 0.4) is 0 Å². The van der Waals surface area contributed by atoms with Crippen LogP contribution >= 0.6 is 0 Å². The fraction of sp³-hybridized carbons (Fsp3) is 0.250. The molecule has 1 aliphatic rings. The summed E-state index contributed by atoms with van der Waals surface area (Å²) in [6.45, 7) is 4.44. The number of rotatable bonds is 2. The number of ether oxygens (including phenoxy) is 1. The molecule has 1 saturated heterocycles. The highest BCUT2D eigenvalue weighted by molar-refractivity contribution is 5.97. The van der Waals surface area contributed by atoms with Crippen molar-refractivity contribution in [3.8, 4) is 5.75 Å². The van der Waals surface area contributed by atoms with Crippen LogP contribution in [0.5, 0.6) is 5.75 Å². The number of hydrogen-bond acceptors (Lipinski definition) is 2. The van der Waals surface area contributed by atoms with Crippen LogP contribution in [0.4, 0.5) is 0 Å². The van der Waals surface area contributed by atoms with Crippen LogP contribution in [0.25, 0.3) is 0 Å². The van der Waals surface area contributed by atoms with Crippen LogP contribution < -0.4 is 10.1 Å². The Bertz CT molecular complexity index is 395. The summed E-state index contributed by atoms with van der Waals surface area (Å²) in [7, 11) is 1.63. The van der Waals surface area contributed by atoms with Gasteiger partial charge in [0.05, 0.1) is 7.11 Å². The van der Waals surface area contributed by atoms with Gasteiger partial charge in [-0.15, -0.1) is 0 Å². The Labute approximate surface area is 88.8 Å². The molecule has 2 rings (SSSR count). The fourth-order valence-corrected chi connectivity index (χ4v) is 1.74. The van der Waals surface area contributed by atoms with E-state index < -0.39 is 0 Å². The Hall–Kier alpha value is -1.77. The van der Waals surface area contributed by atoms with E-state index >= 15 is 0 Å². The molecule has 0 aliphatic carbocycles. The van der Waals surface area contributed by atoms with Gasteiger partial charge in [-0.25, -0.2) is 0 Å². The van der Waals surface area contributed by atoms with E-state index in [1.807, 2.05) is 24.3 Å². The van der Waals surface area contributed by atoms with Crippen LogP contribution in [-0.2, 0) is 4.79 Å². The Morgan fingerprint density at radius 3 is 2.53 bits per heavy atom. The summed E-state index contributed by atoms with van der Waals surface area (Å²) in [5.41, 5.74) is 1.74. The van der Waals surface area contributed by atoms with E-state index in [0.717, 1.165) is 11.3 Å². The first kappa shape index (κ1) is 9.77. The zero-order valence-electron chi connectivity index (χ0n) is 8.62. The zero-order valence-corrected chi connectivity index (χ0v) is 8.62. The van der Waals surface area contributed by atoms with Gasteiger partial charge in [0.25, 0.3) is 0 Å². The third-order valence-corrected chi connectivity index (χ3v) is 2.70. The van der Waals surface area contributed by atoms with E-state index in [1.165, 1.54) is 0 Å². The predicted octanol–water partition coefficient (Wildman–Crippen LogP) is 1.46. The highest BCUT2D eigenvalue weighted by Crippen LogP contribution is 2.28. The van der Waals surface area contributed by atoms with Gasteiger partial charge in [-0.1, -0.05) is 18.7 Å². The number of amides is 1. The molecular formula is C12H13NO2. The SMILES string of the molecule is C=C1C(=O)NCC1c1ccc(OC)cc1. The van der Waals surface area contributed by atoms with Crippen molar-refractivity contribution in [2.45, 2.75) is 5.92 Å². The number of carbonyl (C=O) groups excluding carboxylic acids is 1. The topological polar surface area (TPSA) is 38.3 Å². The first-order valence-corrected chi connectivity index (χ1v) is 4.83. The molecule has 1 fully saturated rings. The summed E-state index contributed by atoms with van der Waals surface area (Å²) in [4.78, 5) is 11.2. The molecule has 0 bridgehead atoms. The van der Waals surface area contributed by atoms with Gasteiger partial charge >= 0.3 is 0 Å². The molecule has 0 aromatic heterocycles. The van der Waals surface area contributed by atoms with Crippen LogP contribution in [0.15, 0.2) is 36.4 Å². The molecule has 1 amide bonds. The van der Waals surface area contributed by atoms with E-state index in [9.17, 15) is 4.79 Å².